The van der Waals surface area contributed by atoms with Crippen molar-refractivity contribution in [3.63, 3.8) is 0 Å². The van der Waals surface area contributed by atoms with Gasteiger partial charge in [0.15, 0.2) is 0 Å². The van der Waals surface area contributed by atoms with Crippen molar-refractivity contribution in [1.29, 1.82) is 0 Å². The molecule has 1 N–H and O–H groups in total. The van der Waals surface area contributed by atoms with Crippen LogP contribution in [0.15, 0.2) is 39.7 Å². The van der Waals surface area contributed by atoms with Crippen molar-refractivity contribution < 1.29 is 21.9 Å². The molecule has 2 aromatic rings. The fraction of sp³-hybridized carbons (Fsp3) is 0.294. The van der Waals surface area contributed by atoms with Gasteiger partial charge in [0.2, 0.25) is 0 Å². The van der Waals surface area contributed by atoms with Crippen LogP contribution in [-0.2, 0) is 10.0 Å². The third-order valence-electron chi connectivity index (χ3n) is 4.09. The SMILES string of the molecule is CN1CC[C@@H](Oc2cc(NS(=O)(=O)c3cc(Br)c(F)cc3F)ccc2Cl)C1. The van der Waals surface area contributed by atoms with Crippen molar-refractivity contribution in [1.82, 2.24) is 4.90 Å². The van der Waals surface area contributed by atoms with Crippen LogP contribution in [0.25, 0.3) is 0 Å². The van der Waals surface area contributed by atoms with Crippen LogP contribution in [0.1, 0.15) is 6.42 Å². The summed E-state index contributed by atoms with van der Waals surface area (Å²) in [4.78, 5) is 1.44. The molecular formula is C17H16BrClF2N2O3S. The van der Waals surface area contributed by atoms with Crippen molar-refractivity contribution in [3.05, 3.63) is 51.5 Å². The van der Waals surface area contributed by atoms with E-state index in [1.54, 1.807) is 0 Å². The Bertz CT molecular complexity index is 975. The predicted octanol–water partition coefficient (Wildman–Crippen LogP) is 4.26. The third kappa shape index (κ3) is 4.71. The van der Waals surface area contributed by atoms with Gasteiger partial charge in [-0.1, -0.05) is 11.6 Å². The molecule has 3 rings (SSSR count). The second kappa shape index (κ2) is 7.90. The Morgan fingerprint density at radius 2 is 2.00 bits per heavy atom. The number of sulfonamides is 1. The first-order valence-electron chi connectivity index (χ1n) is 7.98. The van der Waals surface area contributed by atoms with Gasteiger partial charge in [-0.2, -0.15) is 0 Å². The Morgan fingerprint density at radius 3 is 2.67 bits per heavy atom. The van der Waals surface area contributed by atoms with Crippen molar-refractivity contribution in [2.24, 2.45) is 0 Å². The Morgan fingerprint density at radius 1 is 1.26 bits per heavy atom. The molecule has 0 unspecified atom stereocenters. The predicted molar refractivity (Wildman–Crippen MR) is 103 cm³/mol. The second-order valence-electron chi connectivity index (χ2n) is 6.24. The number of hydrogen-bond donors (Lipinski definition) is 1. The lowest BCUT2D eigenvalue weighted by molar-refractivity contribution is 0.208. The Kier molecular flexibility index (Phi) is 5.95. The molecule has 0 amide bonds. The van der Waals surface area contributed by atoms with Crippen LogP contribution in [0.4, 0.5) is 14.5 Å². The van der Waals surface area contributed by atoms with Crippen LogP contribution in [0.5, 0.6) is 5.75 Å². The molecule has 146 valence electrons. The molecule has 0 aliphatic carbocycles. The van der Waals surface area contributed by atoms with Gasteiger partial charge in [0.05, 0.1) is 15.2 Å². The van der Waals surface area contributed by atoms with Gasteiger partial charge in [-0.25, -0.2) is 17.2 Å². The summed E-state index contributed by atoms with van der Waals surface area (Å²) in [5.41, 5.74) is 0.153. The number of nitrogens with zero attached hydrogens (tertiary/aromatic N) is 1. The zero-order valence-corrected chi connectivity index (χ0v) is 17.3. The van der Waals surface area contributed by atoms with Gasteiger partial charge in [-0.3, -0.25) is 4.72 Å². The average Bonchev–Trinajstić information content (AvgIpc) is 2.98. The van der Waals surface area contributed by atoms with E-state index < -0.39 is 26.6 Å². The number of benzene rings is 2. The van der Waals surface area contributed by atoms with Crippen LogP contribution >= 0.6 is 27.5 Å². The minimum absolute atomic E-state index is 0.0511. The summed E-state index contributed by atoms with van der Waals surface area (Å²) in [6.45, 7) is 1.63. The lowest BCUT2D eigenvalue weighted by atomic mass is 10.3. The molecular weight excluding hydrogens is 466 g/mol. The molecule has 0 saturated carbocycles. The monoisotopic (exact) mass is 480 g/mol. The van der Waals surface area contributed by atoms with E-state index in [4.69, 9.17) is 16.3 Å². The summed E-state index contributed by atoms with van der Waals surface area (Å²) in [6, 6.07) is 5.74. The minimum Gasteiger partial charge on any atom is -0.487 e. The molecule has 1 aliphatic heterocycles. The second-order valence-corrected chi connectivity index (χ2v) is 9.15. The fourth-order valence-electron chi connectivity index (χ4n) is 2.75. The van der Waals surface area contributed by atoms with Crippen molar-refractivity contribution in [2.45, 2.75) is 17.4 Å². The number of rotatable bonds is 5. The number of hydrogen-bond acceptors (Lipinski definition) is 4. The summed E-state index contributed by atoms with van der Waals surface area (Å²) in [5.74, 6) is -1.75. The van der Waals surface area contributed by atoms with Gasteiger partial charge in [0, 0.05) is 25.2 Å². The molecule has 0 aromatic heterocycles. The first-order valence-corrected chi connectivity index (χ1v) is 10.6. The molecule has 0 radical (unpaired) electrons. The topological polar surface area (TPSA) is 58.6 Å². The van der Waals surface area contributed by atoms with Crippen LogP contribution < -0.4 is 9.46 Å². The van der Waals surface area contributed by atoms with E-state index >= 15 is 0 Å². The Hall–Kier alpha value is -1.42. The fourth-order valence-corrected chi connectivity index (χ4v) is 4.54. The maximum atomic E-state index is 13.9. The Labute approximate surface area is 169 Å². The summed E-state index contributed by atoms with van der Waals surface area (Å²) in [5, 5.41) is 0.336. The zero-order valence-electron chi connectivity index (χ0n) is 14.2. The lowest BCUT2D eigenvalue weighted by Crippen LogP contribution is -2.21. The molecule has 5 nitrogen and oxygen atoms in total. The highest BCUT2D eigenvalue weighted by Crippen LogP contribution is 2.32. The molecule has 27 heavy (non-hydrogen) atoms. The first kappa shape index (κ1) is 20.3. The number of halogens is 4. The number of likely N-dealkylation sites (tertiary alicyclic amines) is 1. The van der Waals surface area contributed by atoms with Gasteiger partial charge in [0.1, 0.15) is 28.4 Å². The molecule has 1 heterocycles. The van der Waals surface area contributed by atoms with Gasteiger partial charge in [-0.05, 0) is 47.6 Å². The van der Waals surface area contributed by atoms with Gasteiger partial charge >= 0.3 is 0 Å². The maximum absolute atomic E-state index is 13.9. The molecule has 1 aliphatic rings. The van der Waals surface area contributed by atoms with E-state index in [1.165, 1.54) is 18.2 Å². The number of nitrogens with one attached hydrogen (secondary N) is 1. The van der Waals surface area contributed by atoms with Gasteiger partial charge in [-0.15, -0.1) is 0 Å². The molecule has 1 saturated heterocycles. The highest BCUT2D eigenvalue weighted by atomic mass is 79.9. The van der Waals surface area contributed by atoms with Crippen molar-refractivity contribution >= 4 is 43.2 Å². The van der Waals surface area contributed by atoms with Crippen LogP contribution in [0.3, 0.4) is 0 Å². The maximum Gasteiger partial charge on any atom is 0.264 e. The van der Waals surface area contributed by atoms with E-state index in [2.05, 4.69) is 25.6 Å². The largest absolute Gasteiger partial charge is 0.487 e. The van der Waals surface area contributed by atoms with E-state index in [-0.39, 0.29) is 16.3 Å². The highest BCUT2D eigenvalue weighted by molar-refractivity contribution is 9.10. The molecule has 0 bridgehead atoms. The normalized spacial score (nSPS) is 17.9. The van der Waals surface area contributed by atoms with Gasteiger partial charge in [0.25, 0.3) is 10.0 Å². The summed E-state index contributed by atoms with van der Waals surface area (Å²) >= 11 is 9.00. The lowest BCUT2D eigenvalue weighted by Gasteiger charge is -2.16. The van der Waals surface area contributed by atoms with E-state index in [1.807, 2.05) is 7.05 Å². The number of ether oxygens (including phenoxy) is 1. The molecule has 1 atom stereocenters. The molecule has 10 heteroatoms. The minimum atomic E-state index is -4.28. The van der Waals surface area contributed by atoms with E-state index in [9.17, 15) is 17.2 Å². The van der Waals surface area contributed by atoms with Crippen LogP contribution in [-0.4, -0.2) is 39.6 Å². The summed E-state index contributed by atoms with van der Waals surface area (Å²) in [7, 11) is -2.30. The van der Waals surface area contributed by atoms with Gasteiger partial charge < -0.3 is 9.64 Å². The van der Waals surface area contributed by atoms with Crippen LogP contribution in [0, 0.1) is 11.6 Å². The number of anilines is 1. The molecule has 1 fully saturated rings. The smallest absolute Gasteiger partial charge is 0.264 e. The first-order chi connectivity index (χ1) is 12.7. The zero-order chi connectivity index (χ0) is 19.8. The third-order valence-corrected chi connectivity index (χ3v) is 6.41. The highest BCUT2D eigenvalue weighted by Gasteiger charge is 2.24. The summed E-state index contributed by atoms with van der Waals surface area (Å²) in [6.07, 6.45) is 0.780. The molecule has 2 aromatic carbocycles. The van der Waals surface area contributed by atoms with Crippen molar-refractivity contribution in [2.75, 3.05) is 24.9 Å². The standard InChI is InChI=1S/C17H16BrClF2N2O3S/c1-23-5-4-11(9-23)26-16-6-10(2-3-13(16)19)22-27(24,25)17-7-12(18)14(20)8-15(17)21/h2-3,6-8,11,22H,4-5,9H2,1H3/t11-/m1/s1. The van der Waals surface area contributed by atoms with E-state index in [0.717, 1.165) is 25.6 Å². The average molecular weight is 482 g/mol. The van der Waals surface area contributed by atoms with Crippen molar-refractivity contribution in [3.8, 4) is 5.75 Å². The summed E-state index contributed by atoms with van der Waals surface area (Å²) < 4.78 is 60.3. The Balaban J connectivity index is 1.85. The quantitative estimate of drug-likeness (QED) is 0.648. The molecule has 0 spiro atoms. The number of likely N-dealkylation sites (N-methyl/N-ethyl adjacent to an activating group) is 1. The van der Waals surface area contributed by atoms with Crippen LogP contribution in [0.2, 0.25) is 5.02 Å². The van der Waals surface area contributed by atoms with E-state index in [0.29, 0.717) is 16.8 Å².